The smallest absolute Gasteiger partial charge is 0.306 e. The van der Waals surface area contributed by atoms with E-state index in [1.54, 1.807) is 0 Å². The van der Waals surface area contributed by atoms with Crippen LogP contribution in [0.3, 0.4) is 0 Å². The van der Waals surface area contributed by atoms with Crippen LogP contribution >= 0.6 is 43.2 Å². The Hall–Kier alpha value is 0.300. The molecule has 2 rings (SSSR count). The standard InChI is InChI=1S/C23H41NO4S4/c1-3-24(4-2)15-20(28-23(26)12-7-5-9-19-17-30-31-18-19)16-27-22(25)11-8-6-10-21-13-14-29-32-21/h19-21H,3-18H2,1-2H3. The van der Waals surface area contributed by atoms with Crippen LogP contribution in [0, 0.1) is 5.92 Å². The first-order valence-corrected chi connectivity index (χ1v) is 17.1. The summed E-state index contributed by atoms with van der Waals surface area (Å²) < 4.78 is 11.2. The molecule has 0 amide bonds. The van der Waals surface area contributed by atoms with Gasteiger partial charge in [-0.05, 0) is 51.1 Å². The number of esters is 2. The average molecular weight is 524 g/mol. The number of ether oxygens (including phenoxy) is 2. The summed E-state index contributed by atoms with van der Waals surface area (Å²) in [7, 11) is 7.87. The van der Waals surface area contributed by atoms with E-state index in [-0.39, 0.29) is 24.6 Å². The highest BCUT2D eigenvalue weighted by atomic mass is 33.1. The topological polar surface area (TPSA) is 55.8 Å². The molecule has 32 heavy (non-hydrogen) atoms. The normalized spacial score (nSPS) is 20.0. The number of hydrogen-bond acceptors (Lipinski definition) is 9. The van der Waals surface area contributed by atoms with E-state index in [0.29, 0.717) is 19.4 Å². The molecule has 0 aromatic carbocycles. The Balaban J connectivity index is 1.63. The van der Waals surface area contributed by atoms with Gasteiger partial charge in [0.05, 0.1) is 0 Å². The minimum absolute atomic E-state index is 0.159. The van der Waals surface area contributed by atoms with E-state index in [9.17, 15) is 9.59 Å². The van der Waals surface area contributed by atoms with Crippen LogP contribution in [0.2, 0.25) is 0 Å². The Morgan fingerprint density at radius 3 is 2.28 bits per heavy atom. The van der Waals surface area contributed by atoms with E-state index in [1.807, 2.05) is 43.2 Å². The van der Waals surface area contributed by atoms with E-state index >= 15 is 0 Å². The van der Waals surface area contributed by atoms with Crippen LogP contribution in [0.5, 0.6) is 0 Å². The Morgan fingerprint density at radius 1 is 0.938 bits per heavy atom. The zero-order valence-corrected chi connectivity index (χ0v) is 23.0. The Kier molecular flexibility index (Phi) is 15.8. The third-order valence-corrected chi connectivity index (χ3v) is 11.6. The van der Waals surface area contributed by atoms with E-state index in [4.69, 9.17) is 9.47 Å². The summed E-state index contributed by atoms with van der Waals surface area (Å²) in [5.41, 5.74) is 0. The van der Waals surface area contributed by atoms with Gasteiger partial charge in [-0.25, -0.2) is 0 Å². The maximum absolute atomic E-state index is 12.4. The summed E-state index contributed by atoms with van der Waals surface area (Å²) in [6.07, 6.45) is 8.09. The molecular formula is C23H41NO4S4. The zero-order valence-electron chi connectivity index (χ0n) is 19.8. The summed E-state index contributed by atoms with van der Waals surface area (Å²) in [6, 6.07) is 0. The molecule has 2 unspecified atom stereocenters. The monoisotopic (exact) mass is 523 g/mol. The summed E-state index contributed by atoms with van der Waals surface area (Å²) in [5.74, 6) is 4.19. The fourth-order valence-corrected chi connectivity index (χ4v) is 9.86. The van der Waals surface area contributed by atoms with Crippen molar-refractivity contribution < 1.29 is 19.1 Å². The molecule has 0 N–H and O–H groups in total. The lowest BCUT2D eigenvalue weighted by atomic mass is 10.1. The molecule has 0 bridgehead atoms. The number of carbonyl (C=O) groups excluding carboxylic acids is 2. The van der Waals surface area contributed by atoms with Gasteiger partial charge in [0, 0.05) is 41.9 Å². The number of carbonyl (C=O) groups is 2. The predicted molar refractivity (Wildman–Crippen MR) is 142 cm³/mol. The van der Waals surface area contributed by atoms with Gasteiger partial charge in [-0.15, -0.1) is 0 Å². The van der Waals surface area contributed by atoms with Crippen molar-refractivity contribution in [3.63, 3.8) is 0 Å². The van der Waals surface area contributed by atoms with E-state index in [0.717, 1.165) is 49.9 Å². The van der Waals surface area contributed by atoms with Gasteiger partial charge in [-0.2, -0.15) is 0 Å². The lowest BCUT2D eigenvalue weighted by Crippen LogP contribution is -2.38. The van der Waals surface area contributed by atoms with Crippen molar-refractivity contribution in [2.24, 2.45) is 5.92 Å². The van der Waals surface area contributed by atoms with Gasteiger partial charge in [0.15, 0.2) is 0 Å². The van der Waals surface area contributed by atoms with Gasteiger partial charge in [-0.1, -0.05) is 69.9 Å². The molecule has 2 heterocycles. The van der Waals surface area contributed by atoms with E-state index in [1.165, 1.54) is 36.5 Å². The van der Waals surface area contributed by atoms with Crippen LogP contribution in [0.4, 0.5) is 0 Å². The lowest BCUT2D eigenvalue weighted by molar-refractivity contribution is -0.160. The number of unbranched alkanes of at least 4 members (excludes halogenated alkanes) is 2. The highest BCUT2D eigenvalue weighted by Crippen LogP contribution is 2.40. The van der Waals surface area contributed by atoms with Crippen LogP contribution in [-0.2, 0) is 19.1 Å². The quantitative estimate of drug-likeness (QED) is 0.128. The van der Waals surface area contributed by atoms with Gasteiger partial charge in [0.1, 0.15) is 12.7 Å². The third kappa shape index (κ3) is 12.7. The second kappa shape index (κ2) is 17.7. The summed E-state index contributed by atoms with van der Waals surface area (Å²) in [5, 5.41) is 0.754. The van der Waals surface area contributed by atoms with Crippen molar-refractivity contribution >= 4 is 55.1 Å². The maximum Gasteiger partial charge on any atom is 0.306 e. The minimum Gasteiger partial charge on any atom is -0.462 e. The highest BCUT2D eigenvalue weighted by molar-refractivity contribution is 8.77. The Bertz CT molecular complexity index is 524. The molecule has 9 heteroatoms. The number of likely N-dealkylation sites (N-methyl/N-ethyl adjacent to an activating group) is 1. The molecule has 2 aliphatic heterocycles. The van der Waals surface area contributed by atoms with Crippen LogP contribution in [0.15, 0.2) is 0 Å². The number of nitrogens with zero attached hydrogens (tertiary/aromatic N) is 1. The lowest BCUT2D eigenvalue weighted by Gasteiger charge is -2.25. The van der Waals surface area contributed by atoms with Gasteiger partial charge in [0.25, 0.3) is 0 Å². The average Bonchev–Trinajstić information content (AvgIpc) is 3.50. The predicted octanol–water partition coefficient (Wildman–Crippen LogP) is 6.07. The molecule has 0 aliphatic carbocycles. The van der Waals surface area contributed by atoms with Crippen molar-refractivity contribution in [1.82, 2.24) is 4.90 Å². The fourth-order valence-electron chi connectivity index (χ4n) is 3.81. The van der Waals surface area contributed by atoms with Gasteiger partial charge in [-0.3, -0.25) is 9.59 Å². The second-order valence-electron chi connectivity index (χ2n) is 8.54. The molecule has 2 fully saturated rings. The largest absolute Gasteiger partial charge is 0.462 e. The van der Waals surface area contributed by atoms with Crippen molar-refractivity contribution in [1.29, 1.82) is 0 Å². The second-order valence-corrected chi connectivity index (χ2v) is 13.9. The molecule has 0 aromatic rings. The SMILES string of the molecule is CCN(CC)CC(COC(=O)CCCCC1CCSS1)OC(=O)CCCCC1CSSC1. The van der Waals surface area contributed by atoms with Crippen LogP contribution < -0.4 is 0 Å². The van der Waals surface area contributed by atoms with Crippen molar-refractivity contribution in [3.8, 4) is 0 Å². The Labute approximate surface area is 210 Å². The highest BCUT2D eigenvalue weighted by Gasteiger charge is 2.21. The molecule has 0 saturated carbocycles. The number of rotatable bonds is 17. The molecule has 186 valence electrons. The van der Waals surface area contributed by atoms with Gasteiger partial charge < -0.3 is 14.4 Å². The summed E-state index contributed by atoms with van der Waals surface area (Å²) in [4.78, 5) is 26.8. The van der Waals surface area contributed by atoms with Crippen molar-refractivity contribution in [3.05, 3.63) is 0 Å². The zero-order chi connectivity index (χ0) is 23.0. The molecule has 2 atom stereocenters. The molecule has 2 aliphatic rings. The van der Waals surface area contributed by atoms with Gasteiger partial charge >= 0.3 is 11.9 Å². The van der Waals surface area contributed by atoms with Crippen LogP contribution in [0.1, 0.15) is 71.6 Å². The van der Waals surface area contributed by atoms with Crippen molar-refractivity contribution in [2.45, 2.75) is 83.0 Å². The van der Waals surface area contributed by atoms with Gasteiger partial charge in [0.2, 0.25) is 0 Å². The summed E-state index contributed by atoms with van der Waals surface area (Å²) in [6.45, 7) is 6.72. The minimum atomic E-state index is -0.388. The molecule has 5 nitrogen and oxygen atoms in total. The molecule has 0 radical (unpaired) electrons. The molecular weight excluding hydrogens is 483 g/mol. The van der Waals surface area contributed by atoms with Crippen LogP contribution in [-0.4, -0.2) is 71.7 Å². The maximum atomic E-state index is 12.4. The Morgan fingerprint density at radius 2 is 1.62 bits per heavy atom. The van der Waals surface area contributed by atoms with Crippen molar-refractivity contribution in [2.75, 3.05) is 43.5 Å². The first-order valence-electron chi connectivity index (χ1n) is 12.2. The van der Waals surface area contributed by atoms with Crippen LogP contribution in [0.25, 0.3) is 0 Å². The first-order chi connectivity index (χ1) is 15.6. The summed E-state index contributed by atoms with van der Waals surface area (Å²) >= 11 is 0. The molecule has 0 aromatic heterocycles. The number of hydrogen-bond donors (Lipinski definition) is 0. The third-order valence-electron chi connectivity index (χ3n) is 5.90. The first kappa shape index (κ1) is 28.5. The van der Waals surface area contributed by atoms with E-state index < -0.39 is 0 Å². The fraction of sp³-hybridized carbons (Fsp3) is 0.913. The molecule has 2 saturated heterocycles. The van der Waals surface area contributed by atoms with E-state index in [2.05, 4.69) is 18.7 Å². The molecule has 0 spiro atoms.